The summed E-state index contributed by atoms with van der Waals surface area (Å²) < 4.78 is 38.0. The average molecular weight is 468 g/mol. The van der Waals surface area contributed by atoms with Gasteiger partial charge in [0.1, 0.15) is 24.8 Å². The van der Waals surface area contributed by atoms with Gasteiger partial charge in [0.15, 0.2) is 30.7 Å². The number of carbonyl (C=O) groups excluding carboxylic acids is 2. The van der Waals surface area contributed by atoms with Crippen LogP contribution in [-0.4, -0.2) is 44.2 Å². The van der Waals surface area contributed by atoms with Gasteiger partial charge in [-0.2, -0.15) is 0 Å². The van der Waals surface area contributed by atoms with Crippen LogP contribution >= 0.6 is 0 Å². The first-order chi connectivity index (χ1) is 16.4. The highest BCUT2D eigenvalue weighted by molar-refractivity contribution is 5.93. The minimum Gasteiger partial charge on any atom is -0.486 e. The largest absolute Gasteiger partial charge is 0.486 e. The quantitative estimate of drug-likeness (QED) is 0.474. The third-order valence-corrected chi connectivity index (χ3v) is 5.16. The zero-order valence-corrected chi connectivity index (χ0v) is 18.2. The van der Waals surface area contributed by atoms with E-state index in [9.17, 15) is 18.4 Å². The molecular formula is C25H24F2N3O4+. The van der Waals surface area contributed by atoms with Crippen molar-refractivity contribution in [3.8, 4) is 11.5 Å². The van der Waals surface area contributed by atoms with Crippen molar-refractivity contribution < 1.29 is 32.7 Å². The van der Waals surface area contributed by atoms with Gasteiger partial charge < -0.3 is 25.0 Å². The molecule has 3 N–H and O–H groups in total. The van der Waals surface area contributed by atoms with E-state index < -0.39 is 11.6 Å². The number of anilines is 2. The minimum atomic E-state index is -0.405. The number of hydrogen-bond acceptors (Lipinski definition) is 4. The highest BCUT2D eigenvalue weighted by atomic mass is 19.1. The number of para-hydroxylation sites is 2. The van der Waals surface area contributed by atoms with Crippen LogP contribution < -0.4 is 25.0 Å². The molecular weight excluding hydrogens is 444 g/mol. The Morgan fingerprint density at radius 1 is 0.794 bits per heavy atom. The number of hydrogen-bond donors (Lipinski definition) is 3. The normalized spacial score (nSPS) is 14.5. The predicted octanol–water partition coefficient (Wildman–Crippen LogP) is 2.27. The molecule has 0 bridgehead atoms. The predicted molar refractivity (Wildman–Crippen MR) is 122 cm³/mol. The molecule has 0 aliphatic carbocycles. The van der Waals surface area contributed by atoms with Gasteiger partial charge in [-0.25, -0.2) is 8.78 Å². The molecule has 2 amide bonds. The molecule has 0 aromatic heterocycles. The van der Waals surface area contributed by atoms with Crippen LogP contribution in [0.5, 0.6) is 11.5 Å². The van der Waals surface area contributed by atoms with Crippen LogP contribution in [0.2, 0.25) is 0 Å². The molecule has 1 atom stereocenters. The lowest BCUT2D eigenvalue weighted by Crippen LogP contribution is -3.15. The molecule has 0 spiro atoms. The van der Waals surface area contributed by atoms with Crippen LogP contribution in [0.4, 0.5) is 20.2 Å². The number of quaternary nitrogens is 1. The van der Waals surface area contributed by atoms with Gasteiger partial charge in [-0.3, -0.25) is 9.59 Å². The lowest BCUT2D eigenvalue weighted by atomic mass is 10.2. The zero-order valence-electron chi connectivity index (χ0n) is 18.2. The van der Waals surface area contributed by atoms with Crippen molar-refractivity contribution >= 4 is 23.2 Å². The molecule has 3 aromatic carbocycles. The Kier molecular flexibility index (Phi) is 7.34. The van der Waals surface area contributed by atoms with Crippen molar-refractivity contribution in [1.29, 1.82) is 0 Å². The molecule has 1 heterocycles. The van der Waals surface area contributed by atoms with Gasteiger partial charge >= 0.3 is 0 Å². The molecule has 0 radical (unpaired) electrons. The van der Waals surface area contributed by atoms with Gasteiger partial charge in [0.2, 0.25) is 0 Å². The maximum atomic E-state index is 13.1. The maximum absolute atomic E-state index is 13.1. The summed E-state index contributed by atoms with van der Waals surface area (Å²) in [5.41, 5.74) is 0.903. The lowest BCUT2D eigenvalue weighted by Gasteiger charge is -2.29. The fourth-order valence-corrected chi connectivity index (χ4v) is 3.62. The molecule has 0 saturated carbocycles. The van der Waals surface area contributed by atoms with Gasteiger partial charge in [0.05, 0.1) is 0 Å². The summed E-state index contributed by atoms with van der Waals surface area (Å²) in [6.45, 7) is 0.535. The third kappa shape index (κ3) is 6.52. The van der Waals surface area contributed by atoms with Crippen LogP contribution in [0.15, 0.2) is 72.8 Å². The maximum Gasteiger partial charge on any atom is 0.279 e. The first-order valence-corrected chi connectivity index (χ1v) is 10.8. The molecule has 1 aliphatic rings. The standard InChI is InChI=1S/C25H23F2N3O4/c26-17-5-9-19(10-6-17)28-24(31)14-30(15-25(32)29-20-11-7-18(27)8-12-20)13-21-16-33-22-3-1-2-4-23(22)34-21/h1-12,21H,13-16H2,(H,28,31)(H,29,32)/p+1/t21-/m0/s1. The topological polar surface area (TPSA) is 81.1 Å². The molecule has 9 heteroatoms. The summed E-state index contributed by atoms with van der Waals surface area (Å²) in [7, 11) is 0. The Morgan fingerprint density at radius 3 is 1.82 bits per heavy atom. The number of nitrogens with one attached hydrogen (secondary N) is 3. The zero-order chi connectivity index (χ0) is 23.9. The lowest BCUT2D eigenvalue weighted by molar-refractivity contribution is -0.886. The smallest absolute Gasteiger partial charge is 0.279 e. The molecule has 0 fully saturated rings. The van der Waals surface area contributed by atoms with Gasteiger partial charge in [-0.05, 0) is 60.7 Å². The second kappa shape index (κ2) is 10.8. The first-order valence-electron chi connectivity index (χ1n) is 10.8. The molecule has 0 saturated heterocycles. The van der Waals surface area contributed by atoms with Gasteiger partial charge in [-0.15, -0.1) is 0 Å². The Balaban J connectivity index is 1.41. The van der Waals surface area contributed by atoms with Gasteiger partial charge in [0.25, 0.3) is 11.8 Å². The van der Waals surface area contributed by atoms with E-state index in [1.165, 1.54) is 48.5 Å². The number of amides is 2. The first kappa shape index (κ1) is 23.2. The van der Waals surface area contributed by atoms with Gasteiger partial charge in [-0.1, -0.05) is 12.1 Å². The van der Waals surface area contributed by atoms with E-state index in [0.29, 0.717) is 34.3 Å². The van der Waals surface area contributed by atoms with E-state index in [1.54, 1.807) is 6.07 Å². The molecule has 34 heavy (non-hydrogen) atoms. The third-order valence-electron chi connectivity index (χ3n) is 5.16. The van der Waals surface area contributed by atoms with E-state index in [2.05, 4.69) is 10.6 Å². The molecule has 176 valence electrons. The Morgan fingerprint density at radius 2 is 1.29 bits per heavy atom. The van der Waals surface area contributed by atoms with Crippen LogP contribution in [0.1, 0.15) is 0 Å². The molecule has 7 nitrogen and oxygen atoms in total. The van der Waals surface area contributed by atoms with Crippen molar-refractivity contribution in [1.82, 2.24) is 0 Å². The summed E-state index contributed by atoms with van der Waals surface area (Å²) in [4.78, 5) is 25.9. The number of carbonyl (C=O) groups is 2. The van der Waals surface area contributed by atoms with Gasteiger partial charge in [0, 0.05) is 11.4 Å². The second-order valence-electron chi connectivity index (χ2n) is 7.92. The highest BCUT2D eigenvalue weighted by Crippen LogP contribution is 2.30. The van der Waals surface area contributed by atoms with Crippen molar-refractivity contribution in [3.05, 3.63) is 84.4 Å². The van der Waals surface area contributed by atoms with Crippen molar-refractivity contribution in [2.24, 2.45) is 0 Å². The van der Waals surface area contributed by atoms with E-state index in [-0.39, 0.29) is 37.6 Å². The Labute approximate surface area is 195 Å². The number of benzene rings is 3. The van der Waals surface area contributed by atoms with E-state index in [1.807, 2.05) is 18.2 Å². The fraction of sp³-hybridized carbons (Fsp3) is 0.200. The average Bonchev–Trinajstić information content (AvgIpc) is 2.82. The Hall–Kier alpha value is -3.98. The van der Waals surface area contributed by atoms with Crippen LogP contribution in [0, 0.1) is 11.6 Å². The SMILES string of the molecule is O=C(C[NH+](CC(=O)Nc1ccc(F)cc1)C[C@H]1COc2ccccc2O1)Nc1ccc(F)cc1. The molecule has 0 unspecified atom stereocenters. The minimum absolute atomic E-state index is 0.0320. The number of fused-ring (bicyclic) bond motifs is 1. The summed E-state index contributed by atoms with van der Waals surface area (Å²) >= 11 is 0. The second-order valence-corrected chi connectivity index (χ2v) is 7.92. The highest BCUT2D eigenvalue weighted by Gasteiger charge is 2.28. The van der Waals surface area contributed by atoms with Crippen molar-refractivity contribution in [3.63, 3.8) is 0 Å². The number of rotatable bonds is 8. The fourth-order valence-electron chi connectivity index (χ4n) is 3.62. The molecule has 3 aromatic rings. The van der Waals surface area contributed by atoms with Crippen LogP contribution in [0.25, 0.3) is 0 Å². The van der Waals surface area contributed by atoms with Crippen LogP contribution in [0.3, 0.4) is 0 Å². The van der Waals surface area contributed by atoms with Crippen molar-refractivity contribution in [2.45, 2.75) is 6.10 Å². The van der Waals surface area contributed by atoms with Crippen molar-refractivity contribution in [2.75, 3.05) is 36.9 Å². The number of halogens is 2. The number of ether oxygens (including phenoxy) is 2. The molecule has 4 rings (SSSR count). The van der Waals surface area contributed by atoms with E-state index in [4.69, 9.17) is 9.47 Å². The van der Waals surface area contributed by atoms with Crippen LogP contribution in [-0.2, 0) is 9.59 Å². The summed E-state index contributed by atoms with van der Waals surface area (Å²) in [6.07, 6.45) is -0.373. The summed E-state index contributed by atoms with van der Waals surface area (Å²) in [5.74, 6) is -0.246. The Bertz CT molecular complexity index is 1080. The molecule has 1 aliphatic heterocycles. The summed E-state index contributed by atoms with van der Waals surface area (Å²) in [5, 5.41) is 5.42. The van der Waals surface area contributed by atoms with E-state index in [0.717, 1.165) is 0 Å². The summed E-state index contributed by atoms with van der Waals surface area (Å²) in [6, 6.07) is 18.1. The van der Waals surface area contributed by atoms with E-state index >= 15 is 0 Å². The monoisotopic (exact) mass is 468 g/mol.